The van der Waals surface area contributed by atoms with Crippen LogP contribution in [0.2, 0.25) is 0 Å². The SMILES string of the molecule is CCOCCCNC(=S)Nc1cnn(Cc2ccc(F)cc2)c1. The molecule has 0 saturated carbocycles. The van der Waals surface area contributed by atoms with E-state index in [2.05, 4.69) is 15.7 Å². The summed E-state index contributed by atoms with van der Waals surface area (Å²) >= 11 is 5.23. The first-order valence-electron chi connectivity index (χ1n) is 7.57. The van der Waals surface area contributed by atoms with Crippen molar-refractivity contribution in [2.45, 2.75) is 19.9 Å². The monoisotopic (exact) mass is 336 g/mol. The molecule has 0 radical (unpaired) electrons. The molecule has 0 unspecified atom stereocenters. The fraction of sp³-hybridized carbons (Fsp3) is 0.375. The summed E-state index contributed by atoms with van der Waals surface area (Å²) in [4.78, 5) is 0. The summed E-state index contributed by atoms with van der Waals surface area (Å²) in [6.45, 7) is 4.77. The van der Waals surface area contributed by atoms with Crippen molar-refractivity contribution in [2.24, 2.45) is 0 Å². The van der Waals surface area contributed by atoms with Crippen molar-refractivity contribution in [3.63, 3.8) is 0 Å². The van der Waals surface area contributed by atoms with Gasteiger partial charge >= 0.3 is 0 Å². The second-order valence-electron chi connectivity index (χ2n) is 4.98. The van der Waals surface area contributed by atoms with Gasteiger partial charge in [-0.3, -0.25) is 4.68 Å². The zero-order valence-corrected chi connectivity index (χ0v) is 13.9. The highest BCUT2D eigenvalue weighted by Gasteiger charge is 2.02. The summed E-state index contributed by atoms with van der Waals surface area (Å²) in [5, 5.41) is 11.0. The molecule has 23 heavy (non-hydrogen) atoms. The minimum Gasteiger partial charge on any atom is -0.382 e. The second kappa shape index (κ2) is 9.22. The van der Waals surface area contributed by atoms with E-state index in [1.807, 2.05) is 13.1 Å². The van der Waals surface area contributed by atoms with Crippen molar-refractivity contribution in [3.8, 4) is 0 Å². The Balaban J connectivity index is 1.75. The van der Waals surface area contributed by atoms with Crippen LogP contribution in [-0.2, 0) is 11.3 Å². The molecule has 0 spiro atoms. The number of aromatic nitrogens is 2. The summed E-state index contributed by atoms with van der Waals surface area (Å²) < 4.78 is 19.9. The van der Waals surface area contributed by atoms with Crippen LogP contribution < -0.4 is 10.6 Å². The lowest BCUT2D eigenvalue weighted by Crippen LogP contribution is -2.29. The molecule has 0 aliphatic heterocycles. The number of nitrogens with one attached hydrogen (secondary N) is 2. The Morgan fingerprint density at radius 3 is 2.87 bits per heavy atom. The molecule has 1 aromatic heterocycles. The summed E-state index contributed by atoms with van der Waals surface area (Å²) in [6.07, 6.45) is 4.47. The van der Waals surface area contributed by atoms with Crippen LogP contribution in [0.15, 0.2) is 36.7 Å². The van der Waals surface area contributed by atoms with Crippen LogP contribution in [0.5, 0.6) is 0 Å². The highest BCUT2D eigenvalue weighted by Crippen LogP contribution is 2.09. The Bertz CT molecular complexity index is 615. The van der Waals surface area contributed by atoms with Crippen molar-refractivity contribution in [1.29, 1.82) is 0 Å². The predicted molar refractivity (Wildman–Crippen MR) is 93.1 cm³/mol. The molecule has 0 bridgehead atoms. The first-order chi connectivity index (χ1) is 11.2. The van der Waals surface area contributed by atoms with Gasteiger partial charge in [-0.25, -0.2) is 4.39 Å². The number of thiocarbonyl (C=S) groups is 1. The molecule has 2 rings (SSSR count). The normalized spacial score (nSPS) is 10.5. The number of ether oxygens (including phenoxy) is 1. The van der Waals surface area contributed by atoms with Gasteiger partial charge in [0.15, 0.2) is 5.11 Å². The van der Waals surface area contributed by atoms with Crippen LogP contribution in [0.3, 0.4) is 0 Å². The fourth-order valence-corrected chi connectivity index (χ4v) is 2.21. The quantitative estimate of drug-likeness (QED) is 0.573. The average Bonchev–Trinajstić information content (AvgIpc) is 2.96. The van der Waals surface area contributed by atoms with Crippen LogP contribution in [-0.4, -0.2) is 34.7 Å². The summed E-state index contributed by atoms with van der Waals surface area (Å²) in [7, 11) is 0. The Morgan fingerprint density at radius 1 is 1.35 bits per heavy atom. The van der Waals surface area contributed by atoms with E-state index >= 15 is 0 Å². The van der Waals surface area contributed by atoms with Crippen LogP contribution >= 0.6 is 12.2 Å². The highest BCUT2D eigenvalue weighted by atomic mass is 32.1. The smallest absolute Gasteiger partial charge is 0.170 e. The Morgan fingerprint density at radius 2 is 2.13 bits per heavy atom. The number of rotatable bonds is 8. The molecule has 0 aliphatic carbocycles. The van der Waals surface area contributed by atoms with Gasteiger partial charge in [-0.2, -0.15) is 5.10 Å². The number of nitrogens with zero attached hydrogens (tertiary/aromatic N) is 2. The molecule has 0 atom stereocenters. The lowest BCUT2D eigenvalue weighted by molar-refractivity contribution is 0.146. The maximum atomic E-state index is 12.9. The lowest BCUT2D eigenvalue weighted by Gasteiger charge is -2.08. The number of anilines is 1. The van der Waals surface area contributed by atoms with E-state index in [0.29, 0.717) is 11.7 Å². The molecule has 2 aromatic rings. The van der Waals surface area contributed by atoms with Crippen LogP contribution in [0.1, 0.15) is 18.9 Å². The standard InChI is InChI=1S/C16H21FN4OS/c1-2-22-9-3-8-18-16(23)20-15-10-19-21(12-15)11-13-4-6-14(17)7-5-13/h4-7,10,12H,2-3,8-9,11H2,1H3,(H2,18,20,23). The second-order valence-corrected chi connectivity index (χ2v) is 5.39. The van der Waals surface area contributed by atoms with Gasteiger partial charge in [0.1, 0.15) is 5.82 Å². The topological polar surface area (TPSA) is 51.1 Å². The van der Waals surface area contributed by atoms with Gasteiger partial charge < -0.3 is 15.4 Å². The van der Waals surface area contributed by atoms with E-state index in [1.165, 1.54) is 12.1 Å². The highest BCUT2D eigenvalue weighted by molar-refractivity contribution is 7.80. The molecule has 1 aromatic carbocycles. The minimum absolute atomic E-state index is 0.239. The molecule has 1 heterocycles. The van der Waals surface area contributed by atoms with E-state index in [9.17, 15) is 4.39 Å². The van der Waals surface area contributed by atoms with E-state index in [4.69, 9.17) is 17.0 Å². The molecular weight excluding hydrogens is 315 g/mol. The van der Waals surface area contributed by atoms with Gasteiger partial charge in [-0.1, -0.05) is 12.1 Å². The number of hydrogen-bond donors (Lipinski definition) is 2. The lowest BCUT2D eigenvalue weighted by atomic mass is 10.2. The van der Waals surface area contributed by atoms with E-state index in [1.54, 1.807) is 23.0 Å². The molecule has 0 saturated heterocycles. The van der Waals surface area contributed by atoms with Gasteiger partial charge in [0.2, 0.25) is 0 Å². The average molecular weight is 336 g/mol. The molecule has 124 valence electrons. The summed E-state index contributed by atoms with van der Waals surface area (Å²) in [5.74, 6) is -0.239. The fourth-order valence-electron chi connectivity index (χ4n) is 1.99. The van der Waals surface area contributed by atoms with E-state index in [-0.39, 0.29) is 5.82 Å². The Hall–Kier alpha value is -1.99. The minimum atomic E-state index is -0.239. The van der Waals surface area contributed by atoms with Crippen molar-refractivity contribution >= 4 is 23.0 Å². The van der Waals surface area contributed by atoms with E-state index in [0.717, 1.165) is 37.4 Å². The molecule has 7 heteroatoms. The zero-order chi connectivity index (χ0) is 16.5. The third kappa shape index (κ3) is 6.33. The van der Waals surface area contributed by atoms with Crippen LogP contribution in [0.4, 0.5) is 10.1 Å². The van der Waals surface area contributed by atoms with Gasteiger partial charge in [0.25, 0.3) is 0 Å². The molecule has 5 nitrogen and oxygen atoms in total. The Kier molecular flexibility index (Phi) is 6.96. The van der Waals surface area contributed by atoms with Crippen molar-refractivity contribution in [1.82, 2.24) is 15.1 Å². The third-order valence-corrected chi connectivity index (χ3v) is 3.35. The molecule has 0 aliphatic rings. The molecular formula is C16H21FN4OS. The number of hydrogen-bond acceptors (Lipinski definition) is 3. The van der Waals surface area contributed by atoms with Gasteiger partial charge in [0.05, 0.1) is 18.4 Å². The molecule has 0 amide bonds. The first kappa shape index (κ1) is 17.4. The zero-order valence-electron chi connectivity index (χ0n) is 13.1. The maximum Gasteiger partial charge on any atom is 0.170 e. The van der Waals surface area contributed by atoms with Crippen LogP contribution in [0, 0.1) is 5.82 Å². The van der Waals surface area contributed by atoms with Crippen LogP contribution in [0.25, 0.3) is 0 Å². The van der Waals surface area contributed by atoms with Gasteiger partial charge in [-0.15, -0.1) is 0 Å². The largest absolute Gasteiger partial charge is 0.382 e. The van der Waals surface area contributed by atoms with Gasteiger partial charge in [-0.05, 0) is 43.3 Å². The molecule has 0 fully saturated rings. The summed E-state index contributed by atoms with van der Waals surface area (Å²) in [5.41, 5.74) is 1.80. The first-order valence-corrected chi connectivity index (χ1v) is 7.97. The van der Waals surface area contributed by atoms with Gasteiger partial charge in [0, 0.05) is 26.0 Å². The predicted octanol–water partition coefficient (Wildman–Crippen LogP) is 2.78. The maximum absolute atomic E-state index is 12.9. The molecule has 2 N–H and O–H groups in total. The Labute approximate surface area is 140 Å². The number of benzene rings is 1. The van der Waals surface area contributed by atoms with Crippen molar-refractivity contribution in [3.05, 3.63) is 48.0 Å². The van der Waals surface area contributed by atoms with Crippen molar-refractivity contribution < 1.29 is 9.13 Å². The van der Waals surface area contributed by atoms with E-state index < -0.39 is 0 Å². The summed E-state index contributed by atoms with van der Waals surface area (Å²) in [6, 6.07) is 6.38. The van der Waals surface area contributed by atoms with Crippen molar-refractivity contribution in [2.75, 3.05) is 25.1 Å². The third-order valence-electron chi connectivity index (χ3n) is 3.10. The number of halogens is 1.